The van der Waals surface area contributed by atoms with Crippen LogP contribution >= 0.6 is 0 Å². The van der Waals surface area contributed by atoms with Crippen LogP contribution in [0.2, 0.25) is 0 Å². The van der Waals surface area contributed by atoms with E-state index in [2.05, 4.69) is 0 Å². The Hall–Kier alpha value is -3.86. The molecule has 4 aromatic rings. The number of rotatable bonds is 5. The smallest absolute Gasteiger partial charge is 0.340 e. The van der Waals surface area contributed by atoms with Crippen LogP contribution in [0.3, 0.4) is 0 Å². The van der Waals surface area contributed by atoms with Crippen molar-refractivity contribution >= 4 is 5.97 Å². The summed E-state index contributed by atoms with van der Waals surface area (Å²) in [6, 6.07) is 26.2. The molecule has 28 heavy (non-hydrogen) atoms. The Morgan fingerprint density at radius 3 is 2.18 bits per heavy atom. The largest absolute Gasteiger partial charge is 0.497 e. The van der Waals surface area contributed by atoms with Crippen molar-refractivity contribution in [2.75, 3.05) is 7.11 Å². The van der Waals surface area contributed by atoms with Crippen molar-refractivity contribution in [3.8, 4) is 34.0 Å². The van der Waals surface area contributed by atoms with Crippen LogP contribution in [0.25, 0.3) is 28.2 Å². The lowest BCUT2D eigenvalue weighted by Gasteiger charge is -2.08. The summed E-state index contributed by atoms with van der Waals surface area (Å²) in [4.78, 5) is 12.3. The molecule has 4 rings (SSSR count). The standard InChI is InChI=1S/C23H18N2O3/c1-28-19-14-8-11-17(15-19)21-20(23(26)27)22(16-9-4-2-5-10-16)25(24-21)18-12-6-3-7-13-18/h2-15H,1H3,(H,26,27). The summed E-state index contributed by atoms with van der Waals surface area (Å²) in [5.41, 5.74) is 3.35. The Balaban J connectivity index is 2.05. The van der Waals surface area contributed by atoms with Gasteiger partial charge in [0.05, 0.1) is 18.5 Å². The number of benzene rings is 3. The molecule has 0 aliphatic rings. The van der Waals surface area contributed by atoms with Crippen LogP contribution in [0, 0.1) is 0 Å². The number of methoxy groups -OCH3 is 1. The number of hydrogen-bond donors (Lipinski definition) is 1. The predicted octanol–water partition coefficient (Wildman–Crippen LogP) is 4.91. The quantitative estimate of drug-likeness (QED) is 0.542. The van der Waals surface area contributed by atoms with Gasteiger partial charge in [0.15, 0.2) is 0 Å². The third-order valence-corrected chi connectivity index (χ3v) is 4.49. The molecule has 0 unspecified atom stereocenters. The molecule has 5 nitrogen and oxygen atoms in total. The molecular formula is C23H18N2O3. The summed E-state index contributed by atoms with van der Waals surface area (Å²) >= 11 is 0. The zero-order valence-corrected chi connectivity index (χ0v) is 15.2. The van der Waals surface area contributed by atoms with E-state index in [1.54, 1.807) is 17.9 Å². The van der Waals surface area contributed by atoms with E-state index >= 15 is 0 Å². The minimum absolute atomic E-state index is 0.156. The highest BCUT2D eigenvalue weighted by molar-refractivity contribution is 6.02. The highest BCUT2D eigenvalue weighted by Crippen LogP contribution is 2.35. The maximum atomic E-state index is 12.3. The lowest BCUT2D eigenvalue weighted by atomic mass is 10.0. The molecule has 1 N–H and O–H groups in total. The fourth-order valence-electron chi connectivity index (χ4n) is 3.21. The summed E-state index contributed by atoms with van der Waals surface area (Å²) in [5, 5.41) is 14.8. The first kappa shape index (κ1) is 17.5. The molecule has 0 bridgehead atoms. The molecule has 0 saturated heterocycles. The van der Waals surface area contributed by atoms with Crippen molar-refractivity contribution < 1.29 is 14.6 Å². The van der Waals surface area contributed by atoms with Crippen LogP contribution < -0.4 is 4.74 Å². The van der Waals surface area contributed by atoms with Gasteiger partial charge < -0.3 is 9.84 Å². The average Bonchev–Trinajstić information content (AvgIpc) is 3.16. The Morgan fingerprint density at radius 2 is 1.54 bits per heavy atom. The fraction of sp³-hybridized carbons (Fsp3) is 0.0435. The third-order valence-electron chi connectivity index (χ3n) is 4.49. The Labute approximate surface area is 162 Å². The molecule has 0 atom stereocenters. The SMILES string of the molecule is COc1cccc(-c2nn(-c3ccccc3)c(-c3ccccc3)c2C(=O)O)c1. The minimum Gasteiger partial charge on any atom is -0.497 e. The first-order valence-corrected chi connectivity index (χ1v) is 8.80. The summed E-state index contributed by atoms with van der Waals surface area (Å²) in [5.74, 6) is -0.386. The summed E-state index contributed by atoms with van der Waals surface area (Å²) in [6.45, 7) is 0. The van der Waals surface area contributed by atoms with Gasteiger partial charge in [-0.2, -0.15) is 5.10 Å². The maximum absolute atomic E-state index is 12.3. The van der Waals surface area contributed by atoms with Gasteiger partial charge in [-0.05, 0) is 24.3 Å². The average molecular weight is 370 g/mol. The van der Waals surface area contributed by atoms with E-state index in [1.807, 2.05) is 78.9 Å². The molecule has 5 heteroatoms. The van der Waals surface area contributed by atoms with E-state index in [4.69, 9.17) is 9.84 Å². The third kappa shape index (κ3) is 3.14. The Kier molecular flexibility index (Phi) is 4.64. The highest BCUT2D eigenvalue weighted by atomic mass is 16.5. The number of para-hydroxylation sites is 1. The van der Waals surface area contributed by atoms with E-state index in [9.17, 15) is 9.90 Å². The van der Waals surface area contributed by atoms with Crippen molar-refractivity contribution in [3.63, 3.8) is 0 Å². The van der Waals surface area contributed by atoms with E-state index in [0.29, 0.717) is 22.7 Å². The molecule has 1 aromatic heterocycles. The second-order valence-corrected chi connectivity index (χ2v) is 6.22. The molecule has 0 aliphatic carbocycles. The number of carboxylic acids is 1. The molecular weight excluding hydrogens is 352 g/mol. The molecule has 1 heterocycles. The van der Waals surface area contributed by atoms with Crippen LogP contribution in [0.4, 0.5) is 0 Å². The monoisotopic (exact) mass is 370 g/mol. The van der Waals surface area contributed by atoms with Crippen LogP contribution in [-0.4, -0.2) is 28.0 Å². The van der Waals surface area contributed by atoms with Crippen LogP contribution in [0.5, 0.6) is 5.75 Å². The molecule has 0 radical (unpaired) electrons. The number of hydrogen-bond acceptors (Lipinski definition) is 3. The fourth-order valence-corrected chi connectivity index (χ4v) is 3.21. The molecule has 3 aromatic carbocycles. The number of ether oxygens (including phenoxy) is 1. The summed E-state index contributed by atoms with van der Waals surface area (Å²) in [7, 11) is 1.58. The topological polar surface area (TPSA) is 64.4 Å². The van der Waals surface area contributed by atoms with E-state index in [-0.39, 0.29) is 5.56 Å². The van der Waals surface area contributed by atoms with Gasteiger partial charge in [-0.25, -0.2) is 9.48 Å². The van der Waals surface area contributed by atoms with Crippen molar-refractivity contribution in [3.05, 3.63) is 90.5 Å². The van der Waals surface area contributed by atoms with E-state index < -0.39 is 5.97 Å². The summed E-state index contributed by atoms with van der Waals surface area (Å²) in [6.07, 6.45) is 0. The van der Waals surface area contributed by atoms with Crippen LogP contribution in [0.1, 0.15) is 10.4 Å². The maximum Gasteiger partial charge on any atom is 0.340 e. The predicted molar refractivity (Wildman–Crippen MR) is 108 cm³/mol. The molecule has 0 fully saturated rings. The number of carbonyl (C=O) groups is 1. The molecule has 0 saturated carbocycles. The van der Waals surface area contributed by atoms with Crippen LogP contribution in [-0.2, 0) is 0 Å². The first-order chi connectivity index (χ1) is 13.7. The van der Waals surface area contributed by atoms with Crippen molar-refractivity contribution in [1.82, 2.24) is 9.78 Å². The Morgan fingerprint density at radius 1 is 0.893 bits per heavy atom. The minimum atomic E-state index is -1.03. The van der Waals surface area contributed by atoms with Crippen molar-refractivity contribution in [1.29, 1.82) is 0 Å². The molecule has 0 aliphatic heterocycles. The van der Waals surface area contributed by atoms with E-state index in [0.717, 1.165) is 11.3 Å². The molecule has 0 amide bonds. The van der Waals surface area contributed by atoms with E-state index in [1.165, 1.54) is 0 Å². The van der Waals surface area contributed by atoms with Gasteiger partial charge in [-0.15, -0.1) is 0 Å². The van der Waals surface area contributed by atoms with Gasteiger partial charge in [0.25, 0.3) is 0 Å². The number of nitrogens with zero attached hydrogens (tertiary/aromatic N) is 2. The summed E-state index contributed by atoms with van der Waals surface area (Å²) < 4.78 is 6.99. The van der Waals surface area contributed by atoms with Gasteiger partial charge >= 0.3 is 5.97 Å². The lowest BCUT2D eigenvalue weighted by Crippen LogP contribution is -2.03. The van der Waals surface area contributed by atoms with Gasteiger partial charge in [0, 0.05) is 11.1 Å². The Bertz CT molecular complexity index is 1120. The number of carboxylic acid groups (broad SMARTS) is 1. The van der Waals surface area contributed by atoms with Crippen LogP contribution in [0.15, 0.2) is 84.9 Å². The number of aromatic nitrogens is 2. The normalized spacial score (nSPS) is 10.6. The first-order valence-electron chi connectivity index (χ1n) is 8.80. The highest BCUT2D eigenvalue weighted by Gasteiger charge is 2.26. The number of aromatic carboxylic acids is 1. The lowest BCUT2D eigenvalue weighted by molar-refractivity contribution is 0.0698. The second-order valence-electron chi connectivity index (χ2n) is 6.22. The zero-order chi connectivity index (χ0) is 19.5. The van der Waals surface area contributed by atoms with Crippen molar-refractivity contribution in [2.45, 2.75) is 0 Å². The molecule has 138 valence electrons. The second kappa shape index (κ2) is 7.40. The zero-order valence-electron chi connectivity index (χ0n) is 15.2. The molecule has 0 spiro atoms. The van der Waals surface area contributed by atoms with Gasteiger partial charge in [0.2, 0.25) is 0 Å². The van der Waals surface area contributed by atoms with Gasteiger partial charge in [0.1, 0.15) is 17.0 Å². The van der Waals surface area contributed by atoms with Gasteiger partial charge in [-0.3, -0.25) is 0 Å². The van der Waals surface area contributed by atoms with Crippen molar-refractivity contribution in [2.24, 2.45) is 0 Å². The van der Waals surface area contributed by atoms with Gasteiger partial charge in [-0.1, -0.05) is 60.7 Å².